The van der Waals surface area contributed by atoms with Gasteiger partial charge in [0.15, 0.2) is 5.17 Å². The van der Waals surface area contributed by atoms with Crippen LogP contribution in [-0.2, 0) is 11.3 Å². The lowest BCUT2D eigenvalue weighted by Crippen LogP contribution is -2.39. The molecule has 2 aliphatic heterocycles. The largest absolute Gasteiger partial charge is 0.378 e. The van der Waals surface area contributed by atoms with E-state index in [2.05, 4.69) is 25.3 Å². The van der Waals surface area contributed by atoms with Crippen LogP contribution in [0.5, 0.6) is 0 Å². The SMILES string of the molecule is c1ccc(-c2nnn(CC3CN=C(N4CCOCC4)S3)n2)cc1. The van der Waals surface area contributed by atoms with Crippen LogP contribution < -0.4 is 0 Å². The van der Waals surface area contributed by atoms with E-state index in [1.54, 1.807) is 4.80 Å². The first-order valence-electron chi connectivity index (χ1n) is 7.75. The van der Waals surface area contributed by atoms with Gasteiger partial charge in [0.25, 0.3) is 0 Å². The monoisotopic (exact) mass is 330 g/mol. The second-order valence-corrected chi connectivity index (χ2v) is 6.76. The minimum absolute atomic E-state index is 0.366. The summed E-state index contributed by atoms with van der Waals surface area (Å²) in [4.78, 5) is 8.64. The average Bonchev–Trinajstić information content (AvgIpc) is 3.27. The lowest BCUT2D eigenvalue weighted by Gasteiger charge is -2.28. The highest BCUT2D eigenvalue weighted by atomic mass is 32.2. The van der Waals surface area contributed by atoms with Gasteiger partial charge >= 0.3 is 0 Å². The van der Waals surface area contributed by atoms with Crippen molar-refractivity contribution in [3.8, 4) is 11.4 Å². The number of ether oxygens (including phenoxy) is 1. The first-order valence-corrected chi connectivity index (χ1v) is 8.63. The normalized spacial score (nSPS) is 21.5. The lowest BCUT2D eigenvalue weighted by molar-refractivity contribution is 0.0693. The molecule has 2 aromatic rings. The third-order valence-electron chi connectivity index (χ3n) is 3.84. The number of hydrogen-bond acceptors (Lipinski definition) is 7. The van der Waals surface area contributed by atoms with E-state index in [0.717, 1.165) is 50.1 Å². The molecule has 1 aromatic carbocycles. The smallest absolute Gasteiger partial charge is 0.204 e. The van der Waals surface area contributed by atoms with Crippen molar-refractivity contribution < 1.29 is 4.74 Å². The van der Waals surface area contributed by atoms with E-state index in [1.807, 2.05) is 42.1 Å². The summed E-state index contributed by atoms with van der Waals surface area (Å²) in [5.74, 6) is 0.669. The van der Waals surface area contributed by atoms with Crippen LogP contribution in [0, 0.1) is 0 Å². The van der Waals surface area contributed by atoms with Crippen LogP contribution in [0.1, 0.15) is 0 Å². The summed E-state index contributed by atoms with van der Waals surface area (Å²) in [5.41, 5.74) is 0.989. The van der Waals surface area contributed by atoms with E-state index < -0.39 is 0 Å². The Morgan fingerprint density at radius 3 is 2.83 bits per heavy atom. The van der Waals surface area contributed by atoms with Crippen molar-refractivity contribution in [3.63, 3.8) is 0 Å². The number of nitrogens with zero attached hydrogens (tertiary/aromatic N) is 6. The molecule has 8 heteroatoms. The average molecular weight is 330 g/mol. The Bertz CT molecular complexity index is 682. The molecule has 1 saturated heterocycles. The van der Waals surface area contributed by atoms with Crippen LogP contribution in [0.25, 0.3) is 11.4 Å². The summed E-state index contributed by atoms with van der Waals surface area (Å²) in [6.45, 7) is 4.96. The van der Waals surface area contributed by atoms with E-state index in [9.17, 15) is 0 Å². The Morgan fingerprint density at radius 2 is 2.00 bits per heavy atom. The Hall–Kier alpha value is -1.93. The maximum Gasteiger partial charge on any atom is 0.204 e. The van der Waals surface area contributed by atoms with Gasteiger partial charge < -0.3 is 9.64 Å². The van der Waals surface area contributed by atoms with E-state index in [0.29, 0.717) is 11.1 Å². The van der Waals surface area contributed by atoms with Crippen LogP contribution in [-0.4, -0.2) is 68.4 Å². The van der Waals surface area contributed by atoms with Gasteiger partial charge in [-0.2, -0.15) is 4.80 Å². The summed E-state index contributed by atoms with van der Waals surface area (Å²) in [6, 6.07) is 9.92. The number of aromatic nitrogens is 4. The van der Waals surface area contributed by atoms with Crippen molar-refractivity contribution in [3.05, 3.63) is 30.3 Å². The van der Waals surface area contributed by atoms with Gasteiger partial charge in [-0.25, -0.2) is 0 Å². The molecular weight excluding hydrogens is 312 g/mol. The molecular formula is C15H18N6OS. The molecule has 1 fully saturated rings. The van der Waals surface area contributed by atoms with Gasteiger partial charge in [-0.3, -0.25) is 4.99 Å². The molecule has 23 heavy (non-hydrogen) atoms. The van der Waals surface area contributed by atoms with E-state index in [1.165, 1.54) is 0 Å². The first kappa shape index (κ1) is 14.6. The third kappa shape index (κ3) is 3.37. The van der Waals surface area contributed by atoms with Crippen molar-refractivity contribution in [2.75, 3.05) is 32.8 Å². The zero-order valence-corrected chi connectivity index (χ0v) is 13.5. The summed E-state index contributed by atoms with van der Waals surface area (Å²) >= 11 is 1.81. The summed E-state index contributed by atoms with van der Waals surface area (Å²) in [6.07, 6.45) is 0. The molecule has 1 aromatic heterocycles. The van der Waals surface area contributed by atoms with Gasteiger partial charge in [0.05, 0.1) is 31.6 Å². The molecule has 0 aliphatic carbocycles. The van der Waals surface area contributed by atoms with Gasteiger partial charge in [0.1, 0.15) is 0 Å². The topological polar surface area (TPSA) is 68.4 Å². The minimum Gasteiger partial charge on any atom is -0.378 e. The Balaban J connectivity index is 1.36. The number of rotatable bonds is 3. The summed E-state index contributed by atoms with van der Waals surface area (Å²) in [7, 11) is 0. The van der Waals surface area contributed by atoms with E-state index >= 15 is 0 Å². The van der Waals surface area contributed by atoms with Crippen molar-refractivity contribution in [2.24, 2.45) is 4.99 Å². The Labute approximate surface area is 138 Å². The van der Waals surface area contributed by atoms with E-state index in [-0.39, 0.29) is 0 Å². The molecule has 7 nitrogen and oxygen atoms in total. The number of hydrogen-bond donors (Lipinski definition) is 0. The molecule has 0 N–H and O–H groups in total. The molecule has 1 unspecified atom stereocenters. The summed E-state index contributed by atoms with van der Waals surface area (Å²) in [5, 5.41) is 14.3. The maximum absolute atomic E-state index is 5.39. The van der Waals surface area contributed by atoms with Crippen LogP contribution in [0.15, 0.2) is 35.3 Å². The van der Waals surface area contributed by atoms with Crippen LogP contribution in [0.2, 0.25) is 0 Å². The fourth-order valence-electron chi connectivity index (χ4n) is 2.63. The molecule has 0 radical (unpaired) electrons. The van der Waals surface area contributed by atoms with Crippen molar-refractivity contribution in [1.82, 2.24) is 25.1 Å². The quantitative estimate of drug-likeness (QED) is 0.841. The Kier molecular flexibility index (Phi) is 4.25. The molecule has 4 rings (SSSR count). The predicted octanol–water partition coefficient (Wildman–Crippen LogP) is 1.14. The molecule has 120 valence electrons. The van der Waals surface area contributed by atoms with Gasteiger partial charge in [0.2, 0.25) is 5.82 Å². The van der Waals surface area contributed by atoms with E-state index in [4.69, 9.17) is 4.74 Å². The molecule has 0 saturated carbocycles. The van der Waals surface area contributed by atoms with Crippen molar-refractivity contribution in [1.29, 1.82) is 0 Å². The number of morpholine rings is 1. The molecule has 2 aliphatic rings. The molecule has 0 spiro atoms. The van der Waals surface area contributed by atoms with Gasteiger partial charge in [-0.15, -0.1) is 10.2 Å². The van der Waals surface area contributed by atoms with Crippen LogP contribution in [0.4, 0.5) is 0 Å². The zero-order valence-electron chi connectivity index (χ0n) is 12.7. The molecule has 1 atom stereocenters. The number of benzene rings is 1. The van der Waals surface area contributed by atoms with Gasteiger partial charge in [0, 0.05) is 18.7 Å². The summed E-state index contributed by atoms with van der Waals surface area (Å²) < 4.78 is 5.39. The van der Waals surface area contributed by atoms with Crippen molar-refractivity contribution in [2.45, 2.75) is 11.8 Å². The van der Waals surface area contributed by atoms with Gasteiger partial charge in [-0.05, 0) is 5.21 Å². The van der Waals surface area contributed by atoms with Crippen LogP contribution in [0.3, 0.4) is 0 Å². The van der Waals surface area contributed by atoms with Crippen molar-refractivity contribution >= 4 is 16.9 Å². The zero-order chi connectivity index (χ0) is 15.5. The number of tetrazole rings is 1. The number of thioether (sulfide) groups is 1. The first-order chi connectivity index (χ1) is 11.4. The maximum atomic E-state index is 5.39. The third-order valence-corrected chi connectivity index (χ3v) is 5.07. The van der Waals surface area contributed by atoms with Crippen LogP contribution >= 0.6 is 11.8 Å². The fourth-order valence-corrected chi connectivity index (χ4v) is 3.77. The highest BCUT2D eigenvalue weighted by Crippen LogP contribution is 2.25. The number of amidine groups is 1. The molecule has 0 bridgehead atoms. The fraction of sp³-hybridized carbons (Fsp3) is 0.467. The lowest BCUT2D eigenvalue weighted by atomic mass is 10.2. The highest BCUT2D eigenvalue weighted by Gasteiger charge is 2.26. The van der Waals surface area contributed by atoms with Gasteiger partial charge in [-0.1, -0.05) is 42.1 Å². The minimum atomic E-state index is 0.366. The highest BCUT2D eigenvalue weighted by molar-refractivity contribution is 8.14. The second-order valence-electron chi connectivity index (χ2n) is 5.50. The Morgan fingerprint density at radius 1 is 1.17 bits per heavy atom. The molecule has 3 heterocycles. The predicted molar refractivity (Wildman–Crippen MR) is 89.3 cm³/mol. The second kappa shape index (κ2) is 6.67. The standard InChI is InChI=1S/C15H18N6OS/c1-2-4-12(5-3-1)14-17-19-21(18-14)11-13-10-16-15(23-13)20-6-8-22-9-7-20/h1-5,13H,6-11H2. The molecule has 0 amide bonds. The number of aliphatic imine (C=N–C) groups is 1.